The summed E-state index contributed by atoms with van der Waals surface area (Å²) in [5, 5.41) is 7.63. The largest absolute Gasteiger partial charge is 0.493 e. The second kappa shape index (κ2) is 21.3. The molecular formula is C69H63N3O6. The van der Waals surface area contributed by atoms with Crippen LogP contribution in [0.4, 0.5) is 0 Å². The van der Waals surface area contributed by atoms with Gasteiger partial charge in [0.2, 0.25) is 0 Å². The fourth-order valence-corrected chi connectivity index (χ4v) is 12.3. The van der Waals surface area contributed by atoms with E-state index in [9.17, 15) is 0 Å². The standard InChI is InChI=1S/C69H63N3O6/c1-73-64-40-46-37-50-44-68(77-35-17-32-71-60-27-12-6-21-54(60)55-22-7-13-28-61(55)71)66(75-3)42-48(50)39-51-45-69(78-36-18-33-72-62-29-14-8-23-56(62)57-24-9-15-30-63(57)72)65(74-2)41-47(51)38-49(46)43-67(64)76-34-16-31-70-58-25-10-4-19-52(58)53-20-5-11-26-59(53)70/h4-15,19-30,40-45H,16-18,31-39H2,1-3H3. The molecule has 0 N–H and O–H groups in total. The summed E-state index contributed by atoms with van der Waals surface area (Å²) in [4.78, 5) is 0. The third kappa shape index (κ3) is 9.06. The lowest BCUT2D eigenvalue weighted by atomic mass is 9.94. The van der Waals surface area contributed by atoms with Crippen LogP contribution in [-0.2, 0) is 38.9 Å². The first-order chi connectivity index (χ1) is 38.5. The third-order valence-electron chi connectivity index (χ3n) is 16.0. The van der Waals surface area contributed by atoms with Crippen molar-refractivity contribution in [2.45, 2.75) is 58.2 Å². The molecule has 0 fully saturated rings. The van der Waals surface area contributed by atoms with E-state index in [1.807, 2.05) is 0 Å². The molecule has 0 saturated heterocycles. The van der Waals surface area contributed by atoms with Gasteiger partial charge in [-0.25, -0.2) is 0 Å². The van der Waals surface area contributed by atoms with Crippen molar-refractivity contribution >= 4 is 65.4 Å². The number of para-hydroxylation sites is 6. The number of aromatic nitrogens is 3. The lowest BCUT2D eigenvalue weighted by molar-refractivity contribution is 0.283. The van der Waals surface area contributed by atoms with Gasteiger partial charge in [0.1, 0.15) is 0 Å². The van der Waals surface area contributed by atoms with Crippen LogP contribution < -0.4 is 28.4 Å². The zero-order valence-corrected chi connectivity index (χ0v) is 44.6. The Hall–Kier alpha value is -8.82. The zero-order chi connectivity index (χ0) is 52.5. The predicted molar refractivity (Wildman–Crippen MR) is 316 cm³/mol. The first kappa shape index (κ1) is 48.8. The van der Waals surface area contributed by atoms with E-state index < -0.39 is 0 Å². The third-order valence-corrected chi connectivity index (χ3v) is 16.0. The fraction of sp³-hybridized carbons (Fsp3) is 0.217. The van der Waals surface area contributed by atoms with Crippen molar-refractivity contribution in [1.82, 2.24) is 13.7 Å². The van der Waals surface area contributed by atoms with Gasteiger partial charge in [-0.3, -0.25) is 0 Å². The maximum absolute atomic E-state index is 6.73. The highest BCUT2D eigenvalue weighted by Gasteiger charge is 2.24. The van der Waals surface area contributed by atoms with E-state index in [2.05, 4.69) is 196 Å². The average Bonchev–Trinajstić information content (AvgIpc) is 4.14. The lowest BCUT2D eigenvalue weighted by Crippen LogP contribution is -2.07. The van der Waals surface area contributed by atoms with Gasteiger partial charge in [0.15, 0.2) is 34.5 Å². The molecule has 9 aromatic carbocycles. The Morgan fingerprint density at radius 1 is 0.282 bits per heavy atom. The molecule has 3 heterocycles. The molecule has 0 saturated carbocycles. The second-order valence-corrected chi connectivity index (χ2v) is 20.5. The van der Waals surface area contributed by atoms with Crippen LogP contribution in [0.25, 0.3) is 65.4 Å². The van der Waals surface area contributed by atoms with E-state index in [1.165, 1.54) is 65.4 Å². The summed E-state index contributed by atoms with van der Waals surface area (Å²) < 4.78 is 45.9. The molecule has 9 heteroatoms. The Morgan fingerprint density at radius 3 is 0.705 bits per heavy atom. The molecule has 0 bridgehead atoms. The lowest BCUT2D eigenvalue weighted by Gasteiger charge is -2.18. The van der Waals surface area contributed by atoms with Crippen molar-refractivity contribution in [3.8, 4) is 34.5 Å². The van der Waals surface area contributed by atoms with E-state index in [0.29, 0.717) is 56.3 Å². The van der Waals surface area contributed by atoms with Crippen LogP contribution in [0.2, 0.25) is 0 Å². The number of hydrogen-bond donors (Lipinski definition) is 0. The van der Waals surface area contributed by atoms with E-state index in [-0.39, 0.29) is 0 Å². The number of benzene rings is 9. The van der Waals surface area contributed by atoms with Gasteiger partial charge in [0, 0.05) is 85.1 Å². The Kier molecular flexibility index (Phi) is 13.3. The van der Waals surface area contributed by atoms with Gasteiger partial charge in [-0.1, -0.05) is 109 Å². The van der Waals surface area contributed by atoms with Crippen LogP contribution in [0, 0.1) is 0 Å². The van der Waals surface area contributed by atoms with Gasteiger partial charge in [-0.15, -0.1) is 0 Å². The van der Waals surface area contributed by atoms with Gasteiger partial charge < -0.3 is 42.1 Å². The van der Waals surface area contributed by atoms with Gasteiger partial charge in [-0.2, -0.15) is 0 Å². The molecule has 12 aromatic rings. The van der Waals surface area contributed by atoms with Crippen molar-refractivity contribution in [3.05, 3.63) is 215 Å². The molecule has 0 radical (unpaired) electrons. The summed E-state index contributed by atoms with van der Waals surface area (Å²) in [6.07, 6.45) is 4.44. The SMILES string of the molecule is COc1cc2c(cc1OCCCn1c3ccccc3c3ccccc31)Cc1cc(OC)c(OCCCn3c4ccccc4c4ccccc43)cc1Cc1cc(OC)c(OCCCn3c4ccccc4c4ccccc43)cc1C2. The van der Waals surface area contributed by atoms with Crippen molar-refractivity contribution in [2.75, 3.05) is 41.2 Å². The Labute approximate surface area is 454 Å². The monoisotopic (exact) mass is 1030 g/mol. The minimum atomic E-state index is 0.526. The van der Waals surface area contributed by atoms with Crippen LogP contribution in [0.1, 0.15) is 52.6 Å². The van der Waals surface area contributed by atoms with Crippen LogP contribution in [0.15, 0.2) is 182 Å². The number of methoxy groups -OCH3 is 3. The quantitative estimate of drug-likeness (QED) is 0.0798. The summed E-state index contributed by atoms with van der Waals surface area (Å²) >= 11 is 0. The second-order valence-electron chi connectivity index (χ2n) is 20.5. The van der Waals surface area contributed by atoms with E-state index in [4.69, 9.17) is 28.4 Å². The molecule has 0 aliphatic heterocycles. The summed E-state index contributed by atoms with van der Waals surface area (Å²) in [5.74, 6) is 4.33. The average molecular weight is 1030 g/mol. The van der Waals surface area contributed by atoms with E-state index in [1.54, 1.807) is 21.3 Å². The Balaban J connectivity index is 0.802. The first-order valence-corrected chi connectivity index (χ1v) is 27.4. The van der Waals surface area contributed by atoms with Crippen LogP contribution >= 0.6 is 0 Å². The van der Waals surface area contributed by atoms with E-state index in [0.717, 1.165) is 89.5 Å². The number of nitrogens with zero attached hydrogens (tertiary/aromatic N) is 3. The minimum Gasteiger partial charge on any atom is -0.493 e. The highest BCUT2D eigenvalue weighted by atomic mass is 16.5. The highest BCUT2D eigenvalue weighted by Crippen LogP contribution is 2.42. The van der Waals surface area contributed by atoms with Gasteiger partial charge in [0.25, 0.3) is 0 Å². The molecule has 3 aromatic heterocycles. The molecule has 0 unspecified atom stereocenters. The van der Waals surface area contributed by atoms with Crippen molar-refractivity contribution in [2.24, 2.45) is 0 Å². The number of rotatable bonds is 18. The molecule has 0 spiro atoms. The Morgan fingerprint density at radius 2 is 0.487 bits per heavy atom. The van der Waals surface area contributed by atoms with Crippen LogP contribution in [0.5, 0.6) is 34.5 Å². The molecule has 0 atom stereocenters. The van der Waals surface area contributed by atoms with Crippen LogP contribution in [-0.4, -0.2) is 54.9 Å². The predicted octanol–water partition coefficient (Wildman–Crippen LogP) is 15.5. The summed E-state index contributed by atoms with van der Waals surface area (Å²) in [6, 6.07) is 65.1. The van der Waals surface area contributed by atoms with E-state index >= 15 is 0 Å². The fourth-order valence-electron chi connectivity index (χ4n) is 12.3. The molecule has 9 nitrogen and oxygen atoms in total. The van der Waals surface area contributed by atoms with Crippen LogP contribution in [0.3, 0.4) is 0 Å². The number of fused-ring (bicyclic) bond motifs is 12. The maximum atomic E-state index is 6.73. The molecule has 1 aliphatic rings. The zero-order valence-electron chi connectivity index (χ0n) is 44.6. The molecule has 13 rings (SSSR count). The van der Waals surface area contributed by atoms with Gasteiger partial charge in [-0.05, 0) is 145 Å². The number of ether oxygens (including phenoxy) is 6. The maximum Gasteiger partial charge on any atom is 0.161 e. The molecule has 1 aliphatic carbocycles. The summed E-state index contributed by atoms with van der Waals surface area (Å²) in [5.41, 5.74) is 14.4. The minimum absolute atomic E-state index is 0.526. The number of aryl methyl sites for hydroxylation is 3. The topological polar surface area (TPSA) is 70.2 Å². The normalized spacial score (nSPS) is 12.3. The smallest absolute Gasteiger partial charge is 0.161 e. The number of hydrogen-bond acceptors (Lipinski definition) is 6. The van der Waals surface area contributed by atoms with Gasteiger partial charge in [0.05, 0.1) is 41.2 Å². The molecule has 0 amide bonds. The summed E-state index contributed by atoms with van der Waals surface area (Å²) in [7, 11) is 5.20. The van der Waals surface area contributed by atoms with Gasteiger partial charge >= 0.3 is 0 Å². The van der Waals surface area contributed by atoms with Crippen molar-refractivity contribution in [3.63, 3.8) is 0 Å². The highest BCUT2D eigenvalue weighted by molar-refractivity contribution is 6.09. The molecule has 390 valence electrons. The van der Waals surface area contributed by atoms with Crippen molar-refractivity contribution in [1.29, 1.82) is 0 Å². The van der Waals surface area contributed by atoms with Crippen molar-refractivity contribution < 1.29 is 28.4 Å². The first-order valence-electron chi connectivity index (χ1n) is 27.4. The molecule has 78 heavy (non-hydrogen) atoms. The Bertz CT molecular complexity index is 3600. The molecular weight excluding hydrogens is 967 g/mol. The summed E-state index contributed by atoms with van der Waals surface area (Å²) in [6.45, 7) is 4.05.